The molecule has 3 atom stereocenters. The predicted molar refractivity (Wildman–Crippen MR) is 126 cm³/mol. The molecule has 2 aromatic carbocycles. The Morgan fingerprint density at radius 1 is 1.12 bits per heavy atom. The molecule has 0 radical (unpaired) electrons. The first-order valence-corrected chi connectivity index (χ1v) is 12.9. The molecule has 3 heterocycles. The normalized spacial score (nSPS) is 21.6. The van der Waals surface area contributed by atoms with Crippen LogP contribution in [-0.4, -0.2) is 55.8 Å². The van der Waals surface area contributed by atoms with Gasteiger partial charge < -0.3 is 15.4 Å². The van der Waals surface area contributed by atoms with Gasteiger partial charge in [0.25, 0.3) is 0 Å². The van der Waals surface area contributed by atoms with E-state index < -0.39 is 58.7 Å². The average Bonchev–Trinajstić information content (AvgIpc) is 3.27. The fourth-order valence-corrected chi connectivity index (χ4v) is 5.69. The van der Waals surface area contributed by atoms with Gasteiger partial charge in [-0.1, -0.05) is 12.1 Å². The molecule has 40 heavy (non-hydrogen) atoms. The summed E-state index contributed by atoms with van der Waals surface area (Å²) < 4.78 is 111. The Morgan fingerprint density at radius 2 is 1.82 bits per heavy atom. The van der Waals surface area contributed by atoms with Crippen LogP contribution < -0.4 is 20.7 Å². The topological polar surface area (TPSA) is 115 Å². The van der Waals surface area contributed by atoms with Gasteiger partial charge in [-0.05, 0) is 29.8 Å². The van der Waals surface area contributed by atoms with Crippen molar-refractivity contribution in [2.24, 2.45) is 5.73 Å². The van der Waals surface area contributed by atoms with Crippen LogP contribution in [0, 0.1) is 5.82 Å². The highest BCUT2D eigenvalue weighted by Gasteiger charge is 2.45. The molecule has 0 saturated carbocycles. The minimum Gasteiger partial charge on any atom is -0.406 e. The number of alkyl halides is 6. The number of nitrogens with two attached hydrogens (primary N) is 1. The van der Waals surface area contributed by atoms with E-state index in [9.17, 15) is 35.3 Å². The van der Waals surface area contributed by atoms with Crippen molar-refractivity contribution >= 4 is 22.4 Å². The molecule has 0 aliphatic carbocycles. The summed E-state index contributed by atoms with van der Waals surface area (Å²) in [6.07, 6.45) is -9.60. The molecule has 0 bridgehead atoms. The molecule has 0 fully saturated rings. The van der Waals surface area contributed by atoms with E-state index in [1.807, 2.05) is 0 Å². The fourth-order valence-electron chi connectivity index (χ4n) is 4.41. The molecule has 2 aliphatic rings. The molecule has 0 saturated heterocycles. The first-order chi connectivity index (χ1) is 18.7. The summed E-state index contributed by atoms with van der Waals surface area (Å²) in [5, 5.41) is 6.33. The van der Waals surface area contributed by atoms with E-state index in [1.54, 1.807) is 0 Å². The predicted octanol–water partition coefficient (Wildman–Crippen LogP) is 3.17. The Bertz CT molecular complexity index is 1480. The standard InChI is InChI=1S/C23H19F7N6O3S/c24-14-8-17-16(7-13(14)19-33-20-18(22(25,26)27)32-5-6-36(20)34-19)35(21(37)15(31)10-40(17)38)9-11-1-3-12(4-2-11)39-23(28,29)30/h1-4,7-8,15,18,32H,5-6,9-10,31H2/t15-,18?,40?/m0/s1. The second-order valence-corrected chi connectivity index (χ2v) is 10.4. The van der Waals surface area contributed by atoms with Crippen molar-refractivity contribution in [1.82, 2.24) is 20.1 Å². The smallest absolute Gasteiger partial charge is 0.406 e. The third-order valence-corrected chi connectivity index (χ3v) is 7.67. The molecule has 1 amide bonds. The van der Waals surface area contributed by atoms with Gasteiger partial charge in [0, 0.05) is 6.54 Å². The highest BCUT2D eigenvalue weighted by Crippen LogP contribution is 2.38. The van der Waals surface area contributed by atoms with Crippen molar-refractivity contribution in [2.45, 2.75) is 42.6 Å². The number of anilines is 1. The largest absolute Gasteiger partial charge is 0.573 e. The molecule has 17 heteroatoms. The van der Waals surface area contributed by atoms with Gasteiger partial charge in [0.15, 0.2) is 17.7 Å². The van der Waals surface area contributed by atoms with Crippen LogP contribution in [0.5, 0.6) is 5.75 Å². The quantitative estimate of drug-likeness (QED) is 0.448. The van der Waals surface area contributed by atoms with Gasteiger partial charge >= 0.3 is 12.5 Å². The number of ether oxygens (including phenoxy) is 1. The van der Waals surface area contributed by atoms with E-state index in [0.29, 0.717) is 5.56 Å². The van der Waals surface area contributed by atoms with Gasteiger partial charge in [-0.2, -0.15) is 18.3 Å². The zero-order chi connectivity index (χ0) is 29.0. The number of benzene rings is 2. The van der Waals surface area contributed by atoms with Crippen molar-refractivity contribution < 1.29 is 44.5 Å². The molecule has 1 aromatic heterocycles. The summed E-state index contributed by atoms with van der Waals surface area (Å²) in [6.45, 7) is -0.279. The number of fused-ring (bicyclic) bond motifs is 2. The van der Waals surface area contributed by atoms with E-state index in [1.165, 1.54) is 12.1 Å². The second-order valence-electron chi connectivity index (χ2n) is 8.98. The Kier molecular flexibility index (Phi) is 7.08. The van der Waals surface area contributed by atoms with Crippen molar-refractivity contribution in [3.8, 4) is 17.1 Å². The molecular formula is C23H19F7N6O3S. The van der Waals surface area contributed by atoms with Crippen LogP contribution in [0.25, 0.3) is 11.4 Å². The molecule has 214 valence electrons. The van der Waals surface area contributed by atoms with Crippen LogP contribution in [0.15, 0.2) is 41.3 Å². The average molecular weight is 592 g/mol. The summed E-state index contributed by atoms with van der Waals surface area (Å²) >= 11 is 0. The van der Waals surface area contributed by atoms with Gasteiger partial charge in [0.1, 0.15) is 11.6 Å². The minimum atomic E-state index is -4.91. The van der Waals surface area contributed by atoms with Crippen LogP contribution in [0.2, 0.25) is 0 Å². The highest BCUT2D eigenvalue weighted by molar-refractivity contribution is 7.85. The molecule has 5 rings (SSSR count). The van der Waals surface area contributed by atoms with Crippen LogP contribution in [0.4, 0.5) is 36.4 Å². The summed E-state index contributed by atoms with van der Waals surface area (Å²) in [6, 6.07) is 3.21. The van der Waals surface area contributed by atoms with Crippen molar-refractivity contribution in [1.29, 1.82) is 0 Å². The van der Waals surface area contributed by atoms with E-state index >= 15 is 4.39 Å². The van der Waals surface area contributed by atoms with Crippen molar-refractivity contribution in [3.63, 3.8) is 0 Å². The Morgan fingerprint density at radius 3 is 2.48 bits per heavy atom. The number of nitrogens with zero attached hydrogens (tertiary/aromatic N) is 4. The van der Waals surface area contributed by atoms with Gasteiger partial charge in [0.2, 0.25) is 5.91 Å². The highest BCUT2D eigenvalue weighted by atomic mass is 32.2. The Labute approximate surface area is 223 Å². The van der Waals surface area contributed by atoms with E-state index in [4.69, 9.17) is 5.73 Å². The molecular weight excluding hydrogens is 573 g/mol. The Hall–Kier alpha value is -3.57. The molecule has 3 N–H and O–H groups in total. The number of nitrogens with one attached hydrogen (secondary N) is 1. The SMILES string of the molecule is N[C@H]1CS(=O)c2cc(F)c(-c3nc4n(n3)CCNC4C(F)(F)F)cc2N(Cc2ccc(OC(F)(F)F)cc2)C1=O. The maximum atomic E-state index is 15.3. The lowest BCUT2D eigenvalue weighted by molar-refractivity contribution is -0.274. The lowest BCUT2D eigenvalue weighted by atomic mass is 10.1. The summed E-state index contributed by atoms with van der Waals surface area (Å²) in [7, 11) is -1.94. The molecule has 9 nitrogen and oxygen atoms in total. The minimum absolute atomic E-state index is 0.0407. The number of carbonyl (C=O) groups excluding carboxylic acids is 1. The lowest BCUT2D eigenvalue weighted by Crippen LogP contribution is -2.44. The number of hydrogen-bond donors (Lipinski definition) is 2. The van der Waals surface area contributed by atoms with Gasteiger partial charge in [-0.3, -0.25) is 14.3 Å². The maximum absolute atomic E-state index is 15.3. The number of hydrogen-bond acceptors (Lipinski definition) is 7. The lowest BCUT2D eigenvalue weighted by Gasteiger charge is -2.25. The number of halogens is 7. The maximum Gasteiger partial charge on any atom is 0.573 e. The van der Waals surface area contributed by atoms with E-state index in [-0.39, 0.29) is 47.4 Å². The molecule has 3 aromatic rings. The zero-order valence-corrected chi connectivity index (χ0v) is 20.9. The van der Waals surface area contributed by atoms with Crippen LogP contribution in [0.3, 0.4) is 0 Å². The zero-order valence-electron chi connectivity index (χ0n) is 20.1. The van der Waals surface area contributed by atoms with Gasteiger partial charge in [-0.25, -0.2) is 14.1 Å². The fraction of sp³-hybridized carbons (Fsp3) is 0.348. The molecule has 2 unspecified atom stereocenters. The Balaban J connectivity index is 1.55. The van der Waals surface area contributed by atoms with Gasteiger partial charge in [0.05, 0.1) is 51.8 Å². The second kappa shape index (κ2) is 10.1. The summed E-state index contributed by atoms with van der Waals surface area (Å²) in [5.41, 5.74) is 5.86. The van der Waals surface area contributed by atoms with E-state index in [2.05, 4.69) is 20.1 Å². The van der Waals surface area contributed by atoms with Crippen LogP contribution in [0.1, 0.15) is 17.4 Å². The van der Waals surface area contributed by atoms with Gasteiger partial charge in [-0.15, -0.1) is 13.2 Å². The monoisotopic (exact) mass is 592 g/mol. The van der Waals surface area contributed by atoms with Crippen LogP contribution in [-0.2, 0) is 28.7 Å². The number of aromatic nitrogens is 3. The first kappa shape index (κ1) is 28.0. The summed E-state index contributed by atoms with van der Waals surface area (Å²) in [4.78, 5) is 18.1. The number of rotatable bonds is 4. The third-order valence-electron chi connectivity index (χ3n) is 6.20. The molecule has 2 aliphatic heterocycles. The summed E-state index contributed by atoms with van der Waals surface area (Å²) in [5.74, 6) is -3.38. The van der Waals surface area contributed by atoms with E-state index in [0.717, 1.165) is 33.8 Å². The molecule has 0 spiro atoms. The van der Waals surface area contributed by atoms with Crippen LogP contribution >= 0.6 is 0 Å². The number of carbonyl (C=O) groups is 1. The van der Waals surface area contributed by atoms with Crippen molar-refractivity contribution in [2.75, 3.05) is 17.2 Å². The van der Waals surface area contributed by atoms with Crippen molar-refractivity contribution in [3.05, 3.63) is 53.6 Å². The third kappa shape index (κ3) is 5.53. The number of amides is 1. The first-order valence-electron chi connectivity index (χ1n) is 11.6.